The van der Waals surface area contributed by atoms with Crippen molar-refractivity contribution < 1.29 is 40.8 Å². The van der Waals surface area contributed by atoms with Gasteiger partial charge in [-0.1, -0.05) is 91.0 Å². The van der Waals surface area contributed by atoms with Crippen LogP contribution in [0, 0.1) is 0 Å². The van der Waals surface area contributed by atoms with Crippen molar-refractivity contribution in [2.24, 2.45) is 0 Å². The minimum Gasteiger partial charge on any atom is -0.0622 e. The molecule has 0 N–H and O–H groups in total. The van der Waals surface area contributed by atoms with Crippen LogP contribution in [0.1, 0.15) is 0 Å². The molecule has 0 aromatic heterocycles. The molecule has 0 nitrogen and oxygen atoms in total. The van der Waals surface area contributed by atoms with E-state index in [4.69, 9.17) is 22.5 Å². The summed E-state index contributed by atoms with van der Waals surface area (Å²) in [4.78, 5) is 0. The van der Waals surface area contributed by atoms with E-state index >= 15 is 0 Å². The summed E-state index contributed by atoms with van der Waals surface area (Å²) >= 11 is 14.5. The maximum absolute atomic E-state index is 7.27. The molecular formula is C36H30Cl2P2Pd2. The Morgan fingerprint density at radius 2 is 0.500 bits per heavy atom. The molecule has 0 aliphatic carbocycles. The van der Waals surface area contributed by atoms with Crippen molar-refractivity contribution in [2.75, 3.05) is 0 Å². The van der Waals surface area contributed by atoms with Crippen molar-refractivity contribution in [3.05, 3.63) is 182 Å². The Hall–Kier alpha value is -1.92. The fourth-order valence-corrected chi connectivity index (χ4v) is 12.0. The zero-order valence-electron chi connectivity index (χ0n) is 22.6. The van der Waals surface area contributed by atoms with Crippen LogP contribution in [0.2, 0.25) is 0 Å². The molecule has 0 bridgehead atoms. The summed E-state index contributed by atoms with van der Waals surface area (Å²) in [6.07, 6.45) is 0. The molecule has 42 heavy (non-hydrogen) atoms. The van der Waals surface area contributed by atoms with Gasteiger partial charge in [0, 0.05) is 40.8 Å². The van der Waals surface area contributed by atoms with Crippen LogP contribution >= 0.6 is 35.7 Å². The summed E-state index contributed by atoms with van der Waals surface area (Å²) in [6.45, 7) is 0. The average molecular weight is 808 g/mol. The zero-order chi connectivity index (χ0) is 27.7. The van der Waals surface area contributed by atoms with Crippen LogP contribution in [0.4, 0.5) is 0 Å². The minimum atomic E-state index is -3.43. The maximum Gasteiger partial charge on any atom is 0 e. The molecule has 0 spiro atoms. The number of rotatable bonds is 6. The van der Waals surface area contributed by atoms with Crippen LogP contribution in [0.15, 0.2) is 182 Å². The van der Waals surface area contributed by atoms with E-state index in [1.807, 2.05) is 91.0 Å². The van der Waals surface area contributed by atoms with E-state index in [9.17, 15) is 0 Å². The first kappa shape index (κ1) is 34.6. The number of hydrogen-bond donors (Lipinski definition) is 0. The molecule has 0 radical (unpaired) electrons. The molecule has 218 valence electrons. The Balaban J connectivity index is 0.000000221. The third-order valence-electron chi connectivity index (χ3n) is 6.67. The van der Waals surface area contributed by atoms with E-state index in [2.05, 4.69) is 91.0 Å². The molecular weight excluding hydrogens is 778 g/mol. The van der Waals surface area contributed by atoms with Crippen molar-refractivity contribution in [1.82, 2.24) is 0 Å². The normalized spacial score (nSPS) is 11.5. The Morgan fingerprint density at radius 1 is 0.310 bits per heavy atom. The summed E-state index contributed by atoms with van der Waals surface area (Å²) in [6, 6.07) is 62.2. The first-order chi connectivity index (χ1) is 19.6. The van der Waals surface area contributed by atoms with Gasteiger partial charge >= 0.3 is 135 Å². The summed E-state index contributed by atoms with van der Waals surface area (Å²) in [7, 11) is -0.446. The molecule has 6 heteroatoms. The van der Waals surface area contributed by atoms with Gasteiger partial charge in [0.2, 0.25) is 0 Å². The third kappa shape index (κ3) is 7.77. The quantitative estimate of drug-likeness (QED) is 0.118. The Kier molecular flexibility index (Phi) is 13.4. The molecule has 6 rings (SSSR count). The van der Waals surface area contributed by atoms with Gasteiger partial charge in [0.05, 0.1) is 0 Å². The molecule has 6 aromatic carbocycles. The van der Waals surface area contributed by atoms with Gasteiger partial charge in [0.1, 0.15) is 0 Å². The predicted octanol–water partition coefficient (Wildman–Crippen LogP) is 8.26. The van der Waals surface area contributed by atoms with Crippen molar-refractivity contribution in [3.63, 3.8) is 0 Å². The molecule has 0 heterocycles. The number of hydrogen-bond acceptors (Lipinski definition) is 0. The van der Waals surface area contributed by atoms with Gasteiger partial charge in [-0.25, -0.2) is 0 Å². The smallest absolute Gasteiger partial charge is 0 e. The summed E-state index contributed by atoms with van der Waals surface area (Å²) < 4.78 is 0. The Labute approximate surface area is 288 Å². The molecule has 0 aliphatic heterocycles. The summed E-state index contributed by atoms with van der Waals surface area (Å²) in [5.74, 6) is 0. The first-order valence-electron chi connectivity index (χ1n) is 13.1. The van der Waals surface area contributed by atoms with Gasteiger partial charge in [-0.2, -0.15) is 0 Å². The van der Waals surface area contributed by atoms with Gasteiger partial charge in [0.15, 0.2) is 0 Å². The van der Waals surface area contributed by atoms with E-state index in [0.717, 1.165) is 15.9 Å². The van der Waals surface area contributed by atoms with Gasteiger partial charge in [-0.15, -0.1) is 0 Å². The number of halogens is 2. The second kappa shape index (κ2) is 16.2. The van der Waals surface area contributed by atoms with Gasteiger partial charge in [-0.05, 0) is 23.8 Å². The van der Waals surface area contributed by atoms with Gasteiger partial charge < -0.3 is 0 Å². The van der Waals surface area contributed by atoms with Gasteiger partial charge in [0.25, 0.3) is 0 Å². The van der Waals surface area contributed by atoms with Crippen LogP contribution in [-0.2, 0) is 40.8 Å². The Bertz CT molecular complexity index is 1410. The molecule has 0 amide bonds. The molecule has 0 unspecified atom stereocenters. The average Bonchev–Trinajstić information content (AvgIpc) is 3.04. The standard InChI is InChI=1S/C18H15Cl2P.C18H15P.2Pd/c19-21(20,16-10-4-1-5-11-16,17-12-6-2-7-13-17)18-14-8-3-9-15-18;1-4-10-16(11-5-1)19(17-12-6-2-7-13-17)18-14-8-3-9-15-18;;/h1-15H;1-15H;;. The van der Waals surface area contributed by atoms with E-state index in [0.29, 0.717) is 0 Å². The van der Waals surface area contributed by atoms with Crippen LogP contribution in [0.3, 0.4) is 0 Å². The maximum atomic E-state index is 7.27. The van der Waals surface area contributed by atoms with Crippen LogP contribution in [0.25, 0.3) is 0 Å². The minimum absolute atomic E-state index is 0. The Morgan fingerprint density at radius 3 is 0.714 bits per heavy atom. The second-order valence-corrected chi connectivity index (χ2v) is 19.4. The topological polar surface area (TPSA) is 0 Å². The van der Waals surface area contributed by atoms with E-state index in [1.165, 1.54) is 15.9 Å². The fourth-order valence-electron chi connectivity index (χ4n) is 4.69. The zero-order valence-corrected chi connectivity index (χ0v) is 29.0. The first-order valence-corrected chi connectivity index (χ1v) is 18.5. The third-order valence-corrected chi connectivity index (χ3v) is 16.2. The SMILES string of the molecule is ClP(Cl)(c1ccccc1)(c1ccccc1)c1ccccc1.[Pd].[Pd].c1ccc(P(c2ccccc2)c2ccccc2)cc1. The largest absolute Gasteiger partial charge is 0.0622 e. The molecule has 0 saturated carbocycles. The fraction of sp³-hybridized carbons (Fsp3) is 0. The van der Waals surface area contributed by atoms with Crippen LogP contribution in [0.5, 0.6) is 0 Å². The summed E-state index contributed by atoms with van der Waals surface area (Å²) in [5.41, 5.74) is 0. The second-order valence-electron chi connectivity index (χ2n) is 9.26. The van der Waals surface area contributed by atoms with Crippen molar-refractivity contribution in [3.8, 4) is 0 Å². The van der Waals surface area contributed by atoms with Crippen molar-refractivity contribution in [2.45, 2.75) is 0 Å². The molecule has 0 fully saturated rings. The molecule has 6 aromatic rings. The summed E-state index contributed by atoms with van der Waals surface area (Å²) in [5, 5.41) is 3.65. The van der Waals surface area contributed by atoms with Gasteiger partial charge in [-0.3, -0.25) is 0 Å². The van der Waals surface area contributed by atoms with Crippen molar-refractivity contribution >= 4 is 67.5 Å². The van der Waals surface area contributed by atoms with Crippen molar-refractivity contribution in [1.29, 1.82) is 0 Å². The monoisotopic (exact) mass is 806 g/mol. The van der Waals surface area contributed by atoms with E-state index < -0.39 is 13.2 Å². The van der Waals surface area contributed by atoms with E-state index in [-0.39, 0.29) is 40.8 Å². The predicted molar refractivity (Wildman–Crippen MR) is 182 cm³/mol. The number of benzene rings is 6. The molecule has 0 atom stereocenters. The van der Waals surface area contributed by atoms with Crippen LogP contribution in [-0.4, -0.2) is 0 Å². The molecule has 0 aliphatic rings. The van der Waals surface area contributed by atoms with Crippen LogP contribution < -0.4 is 31.8 Å². The van der Waals surface area contributed by atoms with E-state index in [1.54, 1.807) is 0 Å². The molecule has 0 saturated heterocycles.